The van der Waals surface area contributed by atoms with E-state index in [0.717, 1.165) is 0 Å². The summed E-state index contributed by atoms with van der Waals surface area (Å²) in [5.41, 5.74) is 0. The Balaban J connectivity index is 3.44. The van der Waals surface area contributed by atoms with Gasteiger partial charge in [0.1, 0.15) is 19.0 Å². The monoisotopic (exact) mass is 447 g/mol. The molecule has 0 fully saturated rings. The van der Waals surface area contributed by atoms with Crippen LogP contribution in [0.5, 0.6) is 0 Å². The normalized spacial score (nSPS) is 11.8. The highest BCUT2D eigenvalue weighted by Crippen LogP contribution is 2.15. The molecule has 180 valence electrons. The van der Waals surface area contributed by atoms with Crippen LogP contribution in [0.3, 0.4) is 0 Å². The minimum absolute atomic E-state index is 0.0217. The van der Waals surface area contributed by atoms with Gasteiger partial charge in [0.05, 0.1) is 33.0 Å². The van der Waals surface area contributed by atoms with Gasteiger partial charge in [0.15, 0.2) is 5.78 Å². The lowest BCUT2D eigenvalue weighted by Gasteiger charge is -2.11. The number of aliphatic carboxylic acids is 1. The largest absolute Gasteiger partial charge is 0.481 e. The number of carbonyl (C=O) groups is 4. The van der Waals surface area contributed by atoms with Gasteiger partial charge in [-0.15, -0.1) is 0 Å². The van der Waals surface area contributed by atoms with E-state index in [1.807, 2.05) is 6.92 Å². The number of ether oxygens (including phenoxy) is 4. The fraction of sp³-hybridized carbons (Fsp3) is 0.810. The third-order valence-electron chi connectivity index (χ3n) is 4.15. The summed E-state index contributed by atoms with van der Waals surface area (Å²) >= 11 is 0. The van der Waals surface area contributed by atoms with Crippen LogP contribution in [0, 0.1) is 5.92 Å². The fourth-order valence-corrected chi connectivity index (χ4v) is 2.54. The second kappa shape index (κ2) is 20.0. The summed E-state index contributed by atoms with van der Waals surface area (Å²) in [4.78, 5) is 44.8. The number of Topliss-reactive ketones (excluding diaryl/α,β-unsaturated/α-hetero) is 2. The molecule has 0 heterocycles. The van der Waals surface area contributed by atoms with Gasteiger partial charge in [-0.1, -0.05) is 13.3 Å². The van der Waals surface area contributed by atoms with Gasteiger partial charge in [0, 0.05) is 32.4 Å². The maximum atomic E-state index is 11.9. The number of amides is 1. The highest BCUT2D eigenvalue weighted by molar-refractivity contribution is 5.79. The number of ketones is 2. The van der Waals surface area contributed by atoms with Gasteiger partial charge in [0.25, 0.3) is 0 Å². The molecule has 0 aromatic rings. The summed E-state index contributed by atoms with van der Waals surface area (Å²) in [6.07, 6.45) is 1.92. The average Bonchev–Trinajstić information content (AvgIpc) is 2.70. The Hall–Kier alpha value is -1.88. The number of carboxylic acid groups (broad SMARTS) is 1. The number of carboxylic acids is 1. The first-order valence-electron chi connectivity index (χ1n) is 10.7. The van der Waals surface area contributed by atoms with Crippen LogP contribution in [0.4, 0.5) is 0 Å². The first kappa shape index (κ1) is 29.1. The number of carbonyl (C=O) groups excluding carboxylic acids is 3. The van der Waals surface area contributed by atoms with Crippen LogP contribution in [0.25, 0.3) is 0 Å². The van der Waals surface area contributed by atoms with Gasteiger partial charge in [-0.2, -0.15) is 0 Å². The van der Waals surface area contributed by atoms with E-state index in [0.29, 0.717) is 65.3 Å². The van der Waals surface area contributed by atoms with E-state index in [4.69, 9.17) is 24.1 Å². The number of hydrogen-bond donors (Lipinski definition) is 2. The Bertz CT molecular complexity index is 525. The van der Waals surface area contributed by atoms with E-state index >= 15 is 0 Å². The second-order valence-corrected chi connectivity index (χ2v) is 7.10. The molecule has 10 heteroatoms. The molecule has 0 aromatic carbocycles. The summed E-state index contributed by atoms with van der Waals surface area (Å²) in [6, 6.07) is 0. The summed E-state index contributed by atoms with van der Waals surface area (Å²) in [5.74, 6) is -1.23. The molecule has 0 aliphatic heterocycles. The maximum Gasteiger partial charge on any atom is 0.303 e. The Morgan fingerprint density at radius 2 is 1.45 bits per heavy atom. The van der Waals surface area contributed by atoms with Crippen molar-refractivity contribution in [3.8, 4) is 0 Å². The van der Waals surface area contributed by atoms with Gasteiger partial charge in [0.2, 0.25) is 5.91 Å². The van der Waals surface area contributed by atoms with Gasteiger partial charge in [-0.25, -0.2) is 0 Å². The van der Waals surface area contributed by atoms with Gasteiger partial charge >= 0.3 is 5.97 Å². The Labute approximate surface area is 183 Å². The molecule has 31 heavy (non-hydrogen) atoms. The predicted molar refractivity (Wildman–Crippen MR) is 112 cm³/mol. The third-order valence-corrected chi connectivity index (χ3v) is 4.15. The van der Waals surface area contributed by atoms with Crippen molar-refractivity contribution >= 4 is 23.4 Å². The van der Waals surface area contributed by atoms with Crippen LogP contribution in [-0.4, -0.2) is 87.9 Å². The minimum Gasteiger partial charge on any atom is -0.481 e. The fourth-order valence-electron chi connectivity index (χ4n) is 2.54. The molecule has 0 spiro atoms. The van der Waals surface area contributed by atoms with Crippen molar-refractivity contribution in [2.75, 3.05) is 59.4 Å². The zero-order valence-corrected chi connectivity index (χ0v) is 18.7. The third kappa shape index (κ3) is 21.1. The zero-order valence-electron chi connectivity index (χ0n) is 18.7. The van der Waals surface area contributed by atoms with Gasteiger partial charge in [-0.05, 0) is 19.3 Å². The second-order valence-electron chi connectivity index (χ2n) is 7.10. The average molecular weight is 448 g/mol. The lowest BCUT2D eigenvalue weighted by atomic mass is 9.94. The Kier molecular flexibility index (Phi) is 18.8. The van der Waals surface area contributed by atoms with E-state index in [9.17, 15) is 19.2 Å². The van der Waals surface area contributed by atoms with E-state index in [-0.39, 0.29) is 49.6 Å². The molecule has 1 unspecified atom stereocenters. The van der Waals surface area contributed by atoms with Crippen molar-refractivity contribution in [2.45, 2.75) is 46.0 Å². The molecule has 10 nitrogen and oxygen atoms in total. The molecule has 0 aliphatic carbocycles. The molecule has 0 aliphatic rings. The first-order valence-corrected chi connectivity index (χ1v) is 10.7. The van der Waals surface area contributed by atoms with E-state index in [2.05, 4.69) is 5.32 Å². The van der Waals surface area contributed by atoms with Crippen molar-refractivity contribution in [1.82, 2.24) is 5.32 Å². The number of hydrogen-bond acceptors (Lipinski definition) is 8. The molecule has 0 rings (SSSR count). The molecule has 2 N–H and O–H groups in total. The predicted octanol–water partition coefficient (Wildman–Crippen LogP) is 0.998. The molecule has 1 amide bonds. The van der Waals surface area contributed by atoms with Crippen molar-refractivity contribution in [3.63, 3.8) is 0 Å². The summed E-state index contributed by atoms with van der Waals surface area (Å²) in [5, 5.41) is 11.4. The molecule has 0 radical (unpaired) electrons. The van der Waals surface area contributed by atoms with Crippen LogP contribution in [0.2, 0.25) is 0 Å². The molecular formula is C21H37NO9. The van der Waals surface area contributed by atoms with Gasteiger partial charge in [-0.3, -0.25) is 19.2 Å². The van der Waals surface area contributed by atoms with Crippen molar-refractivity contribution in [1.29, 1.82) is 0 Å². The SMILES string of the molecule is CCC(CC(=O)O)CC(=O)CCCOCCOCC(=O)NCCOCCOCC(C)=O. The Morgan fingerprint density at radius 3 is 2.06 bits per heavy atom. The maximum absolute atomic E-state index is 11.9. The molecule has 0 saturated carbocycles. The molecule has 0 aromatic heterocycles. The van der Waals surface area contributed by atoms with E-state index in [1.165, 1.54) is 6.92 Å². The molecule has 1 atom stereocenters. The van der Waals surface area contributed by atoms with Crippen LogP contribution in [0.15, 0.2) is 0 Å². The molecule has 0 saturated heterocycles. The first-order chi connectivity index (χ1) is 14.8. The van der Waals surface area contributed by atoms with Crippen molar-refractivity contribution < 1.29 is 43.2 Å². The topological polar surface area (TPSA) is 137 Å². The lowest BCUT2D eigenvalue weighted by Crippen LogP contribution is -2.31. The molecule has 0 bridgehead atoms. The van der Waals surface area contributed by atoms with Crippen LogP contribution >= 0.6 is 0 Å². The zero-order chi connectivity index (χ0) is 23.3. The Morgan fingerprint density at radius 1 is 0.839 bits per heavy atom. The standard InChI is InChI=1S/C21H37NO9/c1-3-18(14-21(26)27)13-19(24)5-4-7-28-9-12-31-16-20(25)22-6-8-29-10-11-30-15-17(2)23/h18H,3-16H2,1-2H3,(H,22,25)(H,26,27). The van der Waals surface area contributed by atoms with Gasteiger partial charge < -0.3 is 29.4 Å². The van der Waals surface area contributed by atoms with Crippen LogP contribution in [-0.2, 0) is 38.1 Å². The summed E-state index contributed by atoms with van der Waals surface area (Å²) < 4.78 is 20.9. The highest BCUT2D eigenvalue weighted by Gasteiger charge is 2.15. The molecular weight excluding hydrogens is 410 g/mol. The quantitative estimate of drug-likeness (QED) is 0.233. The van der Waals surface area contributed by atoms with Crippen molar-refractivity contribution in [3.05, 3.63) is 0 Å². The van der Waals surface area contributed by atoms with Crippen molar-refractivity contribution in [2.24, 2.45) is 5.92 Å². The van der Waals surface area contributed by atoms with Crippen LogP contribution < -0.4 is 5.32 Å². The van der Waals surface area contributed by atoms with E-state index in [1.54, 1.807) is 0 Å². The highest BCUT2D eigenvalue weighted by atomic mass is 16.5. The summed E-state index contributed by atoms with van der Waals surface area (Å²) in [7, 11) is 0. The minimum atomic E-state index is -0.877. The summed E-state index contributed by atoms with van der Waals surface area (Å²) in [6.45, 7) is 5.69. The van der Waals surface area contributed by atoms with E-state index < -0.39 is 5.97 Å². The number of nitrogens with one attached hydrogen (secondary N) is 1. The van der Waals surface area contributed by atoms with Crippen LogP contribution in [0.1, 0.15) is 46.0 Å². The smallest absolute Gasteiger partial charge is 0.303 e. The lowest BCUT2D eigenvalue weighted by molar-refractivity contribution is -0.138. The number of rotatable bonds is 22.